The van der Waals surface area contributed by atoms with Crippen molar-refractivity contribution in [1.82, 2.24) is 0 Å². The molecule has 18 heavy (non-hydrogen) atoms. The molecule has 2 nitrogen and oxygen atoms in total. The van der Waals surface area contributed by atoms with Crippen LogP contribution in [0.3, 0.4) is 0 Å². The number of nitrogens with two attached hydrogens (primary N) is 1. The molecule has 0 fully saturated rings. The Hall–Kier alpha value is -2.09. The van der Waals surface area contributed by atoms with Gasteiger partial charge in [0, 0.05) is 16.8 Å². The Bertz CT molecular complexity index is 550. The summed E-state index contributed by atoms with van der Waals surface area (Å²) in [4.78, 5) is 12.4. The van der Waals surface area contributed by atoms with E-state index in [1.165, 1.54) is 5.56 Å². The Kier molecular flexibility index (Phi) is 3.47. The van der Waals surface area contributed by atoms with Gasteiger partial charge in [-0.25, -0.2) is 0 Å². The van der Waals surface area contributed by atoms with Crippen LogP contribution in [0, 0.1) is 6.92 Å². The maximum absolute atomic E-state index is 12.4. The van der Waals surface area contributed by atoms with Crippen LogP contribution in [0.25, 0.3) is 0 Å². The van der Waals surface area contributed by atoms with Crippen LogP contribution in [0.2, 0.25) is 0 Å². The minimum atomic E-state index is -0.00625. The number of rotatable bonds is 3. The molecule has 0 atom stereocenters. The SMILES string of the molecule is CCc1ccc(C(=O)c2c(C)cccc2N)cc1. The van der Waals surface area contributed by atoms with Gasteiger partial charge in [-0.15, -0.1) is 0 Å². The molecule has 0 amide bonds. The predicted octanol–water partition coefficient (Wildman–Crippen LogP) is 3.37. The van der Waals surface area contributed by atoms with Gasteiger partial charge >= 0.3 is 0 Å². The monoisotopic (exact) mass is 239 g/mol. The van der Waals surface area contributed by atoms with Gasteiger partial charge in [0.05, 0.1) is 0 Å². The predicted molar refractivity (Wildman–Crippen MR) is 74.8 cm³/mol. The van der Waals surface area contributed by atoms with E-state index in [0.717, 1.165) is 12.0 Å². The van der Waals surface area contributed by atoms with Gasteiger partial charge in [-0.1, -0.05) is 43.3 Å². The topological polar surface area (TPSA) is 43.1 Å². The number of ketones is 1. The van der Waals surface area contributed by atoms with E-state index in [2.05, 4.69) is 6.92 Å². The summed E-state index contributed by atoms with van der Waals surface area (Å²) in [5.41, 5.74) is 9.88. The van der Waals surface area contributed by atoms with Gasteiger partial charge in [0.25, 0.3) is 0 Å². The fourth-order valence-corrected chi connectivity index (χ4v) is 2.04. The number of anilines is 1. The van der Waals surface area contributed by atoms with Crippen LogP contribution in [-0.2, 0) is 6.42 Å². The van der Waals surface area contributed by atoms with Crippen molar-refractivity contribution in [1.29, 1.82) is 0 Å². The summed E-state index contributed by atoms with van der Waals surface area (Å²) < 4.78 is 0. The molecule has 2 aromatic carbocycles. The number of aryl methyl sites for hydroxylation is 2. The number of carbonyl (C=O) groups excluding carboxylic acids is 1. The van der Waals surface area contributed by atoms with Crippen LogP contribution < -0.4 is 5.73 Å². The molecule has 0 spiro atoms. The molecular weight excluding hydrogens is 222 g/mol. The Balaban J connectivity index is 2.41. The lowest BCUT2D eigenvalue weighted by Gasteiger charge is -2.08. The largest absolute Gasteiger partial charge is 0.398 e. The molecule has 0 saturated heterocycles. The summed E-state index contributed by atoms with van der Waals surface area (Å²) in [5, 5.41) is 0. The Morgan fingerprint density at radius 2 is 1.78 bits per heavy atom. The van der Waals surface area contributed by atoms with Gasteiger partial charge in [-0.2, -0.15) is 0 Å². The van der Waals surface area contributed by atoms with Crippen molar-refractivity contribution < 1.29 is 4.79 Å². The molecule has 2 heteroatoms. The minimum absolute atomic E-state index is 0.00625. The highest BCUT2D eigenvalue weighted by atomic mass is 16.1. The van der Waals surface area contributed by atoms with Crippen molar-refractivity contribution in [3.8, 4) is 0 Å². The average Bonchev–Trinajstić information content (AvgIpc) is 2.38. The summed E-state index contributed by atoms with van der Waals surface area (Å²) in [5.74, 6) is -0.00625. The highest BCUT2D eigenvalue weighted by Crippen LogP contribution is 2.20. The van der Waals surface area contributed by atoms with Crippen LogP contribution in [0.15, 0.2) is 42.5 Å². The molecule has 2 N–H and O–H groups in total. The van der Waals surface area contributed by atoms with Gasteiger partial charge in [0.2, 0.25) is 0 Å². The van der Waals surface area contributed by atoms with E-state index < -0.39 is 0 Å². The number of carbonyl (C=O) groups is 1. The number of hydrogen-bond acceptors (Lipinski definition) is 2. The molecule has 0 unspecified atom stereocenters. The van der Waals surface area contributed by atoms with Gasteiger partial charge in [0.15, 0.2) is 5.78 Å². The quantitative estimate of drug-likeness (QED) is 0.659. The van der Waals surface area contributed by atoms with Crippen molar-refractivity contribution in [3.63, 3.8) is 0 Å². The van der Waals surface area contributed by atoms with E-state index >= 15 is 0 Å². The third-order valence-corrected chi connectivity index (χ3v) is 3.16. The molecule has 2 rings (SSSR count). The normalized spacial score (nSPS) is 10.3. The van der Waals surface area contributed by atoms with Crippen molar-refractivity contribution >= 4 is 11.5 Å². The maximum Gasteiger partial charge on any atom is 0.195 e. The molecule has 0 aliphatic rings. The average molecular weight is 239 g/mol. The lowest BCUT2D eigenvalue weighted by atomic mass is 9.96. The first-order valence-electron chi connectivity index (χ1n) is 6.12. The Labute approximate surface area is 107 Å². The van der Waals surface area contributed by atoms with Crippen LogP contribution in [0.1, 0.15) is 34.0 Å². The lowest BCUT2D eigenvalue weighted by Crippen LogP contribution is -2.07. The standard InChI is InChI=1S/C16H17NO/c1-3-12-7-9-13(10-8-12)16(18)15-11(2)5-4-6-14(15)17/h4-10H,3,17H2,1-2H3. The number of benzene rings is 2. The molecule has 0 aromatic heterocycles. The second kappa shape index (κ2) is 5.05. The summed E-state index contributed by atoms with van der Waals surface area (Å²) in [6.45, 7) is 4.00. The first-order valence-corrected chi connectivity index (χ1v) is 6.12. The smallest absolute Gasteiger partial charge is 0.195 e. The molecule has 0 heterocycles. The van der Waals surface area contributed by atoms with E-state index in [9.17, 15) is 4.79 Å². The molecule has 0 saturated carbocycles. The van der Waals surface area contributed by atoms with Crippen LogP contribution in [-0.4, -0.2) is 5.78 Å². The molecule has 92 valence electrons. The first-order chi connectivity index (χ1) is 8.63. The Morgan fingerprint density at radius 1 is 1.11 bits per heavy atom. The number of hydrogen-bond donors (Lipinski definition) is 1. The fourth-order valence-electron chi connectivity index (χ4n) is 2.04. The zero-order chi connectivity index (χ0) is 13.1. The first kappa shape index (κ1) is 12.4. The highest BCUT2D eigenvalue weighted by molar-refractivity contribution is 6.13. The van der Waals surface area contributed by atoms with E-state index in [1.54, 1.807) is 6.07 Å². The molecule has 0 aliphatic heterocycles. The van der Waals surface area contributed by atoms with Gasteiger partial charge < -0.3 is 5.73 Å². The van der Waals surface area contributed by atoms with E-state index in [4.69, 9.17) is 5.73 Å². The fraction of sp³-hybridized carbons (Fsp3) is 0.188. The van der Waals surface area contributed by atoms with Gasteiger partial charge in [0.1, 0.15) is 0 Å². The summed E-state index contributed by atoms with van der Waals surface area (Å²) in [6, 6.07) is 13.2. The van der Waals surface area contributed by atoms with Gasteiger partial charge in [-0.3, -0.25) is 4.79 Å². The van der Waals surface area contributed by atoms with E-state index in [-0.39, 0.29) is 5.78 Å². The Morgan fingerprint density at radius 3 is 2.33 bits per heavy atom. The van der Waals surface area contributed by atoms with E-state index in [1.807, 2.05) is 43.3 Å². The lowest BCUT2D eigenvalue weighted by molar-refractivity contribution is 0.103. The second-order valence-electron chi connectivity index (χ2n) is 4.42. The summed E-state index contributed by atoms with van der Waals surface area (Å²) >= 11 is 0. The summed E-state index contributed by atoms with van der Waals surface area (Å²) in [7, 11) is 0. The van der Waals surface area contributed by atoms with Crippen LogP contribution in [0.4, 0.5) is 5.69 Å². The van der Waals surface area contributed by atoms with E-state index in [0.29, 0.717) is 16.8 Å². The van der Waals surface area contributed by atoms with Crippen molar-refractivity contribution in [2.75, 3.05) is 5.73 Å². The third kappa shape index (κ3) is 2.28. The molecule has 0 bridgehead atoms. The number of nitrogen functional groups attached to an aromatic ring is 1. The highest BCUT2D eigenvalue weighted by Gasteiger charge is 2.14. The minimum Gasteiger partial charge on any atom is -0.398 e. The molecule has 2 aromatic rings. The maximum atomic E-state index is 12.4. The second-order valence-corrected chi connectivity index (χ2v) is 4.42. The van der Waals surface area contributed by atoms with Crippen LogP contribution in [0.5, 0.6) is 0 Å². The molecule has 0 radical (unpaired) electrons. The molecular formula is C16H17NO. The van der Waals surface area contributed by atoms with Crippen molar-refractivity contribution in [2.24, 2.45) is 0 Å². The molecule has 0 aliphatic carbocycles. The zero-order valence-corrected chi connectivity index (χ0v) is 10.7. The van der Waals surface area contributed by atoms with Crippen LogP contribution >= 0.6 is 0 Å². The summed E-state index contributed by atoms with van der Waals surface area (Å²) in [6.07, 6.45) is 0.973. The third-order valence-electron chi connectivity index (χ3n) is 3.16. The van der Waals surface area contributed by atoms with Crippen molar-refractivity contribution in [3.05, 3.63) is 64.7 Å². The van der Waals surface area contributed by atoms with Crippen molar-refractivity contribution in [2.45, 2.75) is 20.3 Å². The zero-order valence-electron chi connectivity index (χ0n) is 10.7. The van der Waals surface area contributed by atoms with Gasteiger partial charge in [-0.05, 0) is 30.5 Å².